The number of rotatable bonds is 8. The molecule has 2 heterocycles. The Hall–Kier alpha value is -1.44. The van der Waals surface area contributed by atoms with E-state index in [4.69, 9.17) is 9.16 Å². The normalized spacial score (nSPS) is 20.8. The van der Waals surface area contributed by atoms with E-state index in [1.54, 1.807) is 12.2 Å². The SMILES string of the molecule is CC=CCOC(=O)N1C(=O)C(O[Si](CC)(CC)CC)C1c1cccs1. The molecule has 7 heteroatoms. The Morgan fingerprint density at radius 2 is 2.00 bits per heavy atom. The lowest BCUT2D eigenvalue weighted by molar-refractivity contribution is -0.160. The van der Waals surface area contributed by atoms with Gasteiger partial charge in [0.25, 0.3) is 5.91 Å². The lowest BCUT2D eigenvalue weighted by atomic mass is 9.97. The Balaban J connectivity index is 2.20. The van der Waals surface area contributed by atoms with Crippen molar-refractivity contribution in [2.75, 3.05) is 6.61 Å². The van der Waals surface area contributed by atoms with Crippen LogP contribution in [0.1, 0.15) is 38.6 Å². The minimum atomic E-state index is -1.95. The zero-order chi connectivity index (χ0) is 18.4. The first-order chi connectivity index (χ1) is 12.0. The van der Waals surface area contributed by atoms with Gasteiger partial charge < -0.3 is 9.16 Å². The first-order valence-corrected chi connectivity index (χ1v) is 12.3. The van der Waals surface area contributed by atoms with E-state index in [1.807, 2.05) is 24.4 Å². The molecule has 25 heavy (non-hydrogen) atoms. The van der Waals surface area contributed by atoms with Gasteiger partial charge in [-0.2, -0.15) is 0 Å². The van der Waals surface area contributed by atoms with Gasteiger partial charge in [0.1, 0.15) is 12.6 Å². The molecule has 5 nitrogen and oxygen atoms in total. The van der Waals surface area contributed by atoms with Crippen molar-refractivity contribution in [3.8, 4) is 0 Å². The quantitative estimate of drug-likeness (QED) is 0.371. The number of ether oxygens (including phenoxy) is 1. The summed E-state index contributed by atoms with van der Waals surface area (Å²) in [7, 11) is -1.95. The number of hydrogen-bond donors (Lipinski definition) is 0. The fraction of sp³-hybridized carbons (Fsp3) is 0.556. The van der Waals surface area contributed by atoms with E-state index in [-0.39, 0.29) is 18.6 Å². The molecule has 0 bridgehead atoms. The summed E-state index contributed by atoms with van der Waals surface area (Å²) in [5, 5.41) is 1.95. The number of nitrogens with zero attached hydrogens (tertiary/aromatic N) is 1. The van der Waals surface area contributed by atoms with Gasteiger partial charge in [0.2, 0.25) is 0 Å². The van der Waals surface area contributed by atoms with E-state index in [9.17, 15) is 9.59 Å². The molecule has 2 unspecified atom stereocenters. The number of β-lactam (4-membered cyclic amide) rings is 1. The van der Waals surface area contributed by atoms with E-state index in [0.717, 1.165) is 23.0 Å². The van der Waals surface area contributed by atoms with Crippen molar-refractivity contribution < 1.29 is 18.8 Å². The highest BCUT2D eigenvalue weighted by Gasteiger charge is 2.55. The number of hydrogen-bond acceptors (Lipinski definition) is 5. The number of thiophene rings is 1. The highest BCUT2D eigenvalue weighted by atomic mass is 32.1. The highest BCUT2D eigenvalue weighted by molar-refractivity contribution is 7.10. The molecular weight excluding hydrogens is 354 g/mol. The van der Waals surface area contributed by atoms with E-state index in [2.05, 4.69) is 20.8 Å². The van der Waals surface area contributed by atoms with Crippen molar-refractivity contribution in [3.63, 3.8) is 0 Å². The number of amides is 2. The van der Waals surface area contributed by atoms with Crippen molar-refractivity contribution in [2.45, 2.75) is 58.0 Å². The summed E-state index contributed by atoms with van der Waals surface area (Å²) in [6.07, 6.45) is 2.37. The highest BCUT2D eigenvalue weighted by Crippen LogP contribution is 2.42. The molecule has 0 aliphatic carbocycles. The van der Waals surface area contributed by atoms with E-state index in [0.29, 0.717) is 0 Å². The van der Waals surface area contributed by atoms with Crippen LogP contribution in [0.4, 0.5) is 4.79 Å². The number of carbonyl (C=O) groups excluding carboxylic acids is 2. The minimum absolute atomic E-state index is 0.166. The minimum Gasteiger partial charge on any atom is -0.445 e. The van der Waals surface area contributed by atoms with Gasteiger partial charge in [-0.1, -0.05) is 39.0 Å². The average molecular weight is 382 g/mol. The van der Waals surface area contributed by atoms with Gasteiger partial charge in [0.05, 0.1) is 0 Å². The van der Waals surface area contributed by atoms with Crippen molar-refractivity contribution in [1.82, 2.24) is 4.90 Å². The number of imide groups is 1. The molecule has 1 aromatic heterocycles. The second kappa shape index (κ2) is 8.78. The molecular formula is C18H27NO4SSi. The fourth-order valence-electron chi connectivity index (χ4n) is 3.07. The second-order valence-electron chi connectivity index (χ2n) is 6.10. The maximum absolute atomic E-state index is 12.7. The van der Waals surface area contributed by atoms with Gasteiger partial charge in [-0.3, -0.25) is 4.79 Å². The molecule has 1 aliphatic rings. The summed E-state index contributed by atoms with van der Waals surface area (Å²) in [6.45, 7) is 8.41. The molecule has 0 radical (unpaired) electrons. The maximum Gasteiger partial charge on any atom is 0.417 e. The standard InChI is InChI=1S/C18H27NO4SSi/c1-5-9-12-22-18(21)19-15(14-11-10-13-24-14)16(17(19)20)23-25(6-2,7-3)8-4/h5,9-11,13,15-16H,6-8,12H2,1-4H3. The average Bonchev–Trinajstić information content (AvgIpc) is 3.15. The fourth-order valence-corrected chi connectivity index (χ4v) is 6.68. The van der Waals surface area contributed by atoms with Gasteiger partial charge in [-0.15, -0.1) is 11.3 Å². The molecule has 1 saturated heterocycles. The molecule has 0 aromatic carbocycles. The van der Waals surface area contributed by atoms with Crippen LogP contribution in [0.2, 0.25) is 18.1 Å². The largest absolute Gasteiger partial charge is 0.445 e. The van der Waals surface area contributed by atoms with Gasteiger partial charge in [0, 0.05) is 4.88 Å². The summed E-state index contributed by atoms with van der Waals surface area (Å²) in [5.74, 6) is -0.281. The predicted molar refractivity (Wildman–Crippen MR) is 102 cm³/mol. The lowest BCUT2D eigenvalue weighted by Gasteiger charge is -2.47. The molecule has 0 spiro atoms. The molecule has 2 amide bonds. The Labute approximate surface area is 154 Å². The predicted octanol–water partition coefficient (Wildman–Crippen LogP) is 4.73. The van der Waals surface area contributed by atoms with Gasteiger partial charge in [0.15, 0.2) is 14.4 Å². The molecule has 2 rings (SSSR count). The van der Waals surface area contributed by atoms with Crippen LogP contribution in [-0.4, -0.2) is 37.9 Å². The van der Waals surface area contributed by atoms with Crippen molar-refractivity contribution in [2.24, 2.45) is 0 Å². The summed E-state index contributed by atoms with van der Waals surface area (Å²) in [5.41, 5.74) is 0. The summed E-state index contributed by atoms with van der Waals surface area (Å²) < 4.78 is 11.6. The zero-order valence-corrected chi connectivity index (χ0v) is 17.2. The Kier molecular flexibility index (Phi) is 6.98. The third kappa shape index (κ3) is 4.04. The molecule has 1 aromatic rings. The van der Waals surface area contributed by atoms with Crippen LogP contribution in [0.5, 0.6) is 0 Å². The van der Waals surface area contributed by atoms with Crippen LogP contribution in [0.25, 0.3) is 0 Å². The Morgan fingerprint density at radius 1 is 1.32 bits per heavy atom. The van der Waals surface area contributed by atoms with Crippen LogP contribution < -0.4 is 0 Å². The molecule has 138 valence electrons. The van der Waals surface area contributed by atoms with Crippen LogP contribution in [0.15, 0.2) is 29.7 Å². The summed E-state index contributed by atoms with van der Waals surface area (Å²) >= 11 is 1.53. The molecule has 1 aliphatic heterocycles. The van der Waals surface area contributed by atoms with Crippen molar-refractivity contribution in [3.05, 3.63) is 34.5 Å². The third-order valence-electron chi connectivity index (χ3n) is 4.93. The zero-order valence-electron chi connectivity index (χ0n) is 15.4. The Bertz CT molecular complexity index is 604. The monoisotopic (exact) mass is 381 g/mol. The van der Waals surface area contributed by atoms with Crippen LogP contribution >= 0.6 is 11.3 Å². The van der Waals surface area contributed by atoms with Crippen LogP contribution in [-0.2, 0) is 14.0 Å². The van der Waals surface area contributed by atoms with Gasteiger partial charge >= 0.3 is 6.09 Å². The lowest BCUT2D eigenvalue weighted by Crippen LogP contribution is -2.64. The smallest absolute Gasteiger partial charge is 0.417 e. The van der Waals surface area contributed by atoms with Gasteiger partial charge in [-0.25, -0.2) is 9.69 Å². The summed E-state index contributed by atoms with van der Waals surface area (Å²) in [6, 6.07) is 6.39. The Morgan fingerprint density at radius 3 is 2.52 bits per heavy atom. The number of allylic oxidation sites excluding steroid dienone is 1. The van der Waals surface area contributed by atoms with Gasteiger partial charge in [-0.05, 0) is 36.5 Å². The molecule has 0 saturated carbocycles. The van der Waals surface area contributed by atoms with E-state index >= 15 is 0 Å². The first kappa shape index (κ1) is 19.9. The van der Waals surface area contributed by atoms with E-state index < -0.39 is 20.5 Å². The maximum atomic E-state index is 12.7. The second-order valence-corrected chi connectivity index (χ2v) is 11.8. The topological polar surface area (TPSA) is 55.8 Å². The van der Waals surface area contributed by atoms with E-state index in [1.165, 1.54) is 16.2 Å². The van der Waals surface area contributed by atoms with Crippen molar-refractivity contribution in [1.29, 1.82) is 0 Å². The molecule has 1 fully saturated rings. The van der Waals surface area contributed by atoms with Crippen LogP contribution in [0, 0.1) is 0 Å². The van der Waals surface area contributed by atoms with Crippen LogP contribution in [0.3, 0.4) is 0 Å². The molecule has 0 N–H and O–H groups in total. The third-order valence-corrected chi connectivity index (χ3v) is 10.5. The number of carbonyl (C=O) groups is 2. The number of likely N-dealkylation sites (tertiary alicyclic amines) is 1. The first-order valence-electron chi connectivity index (χ1n) is 8.85. The van der Waals surface area contributed by atoms with Crippen molar-refractivity contribution >= 4 is 31.7 Å². The summed E-state index contributed by atoms with van der Waals surface area (Å²) in [4.78, 5) is 27.2. The molecule has 2 atom stereocenters.